The summed E-state index contributed by atoms with van der Waals surface area (Å²) >= 11 is 0. The molecule has 0 spiro atoms. The Hall–Kier alpha value is -1.27. The lowest BCUT2D eigenvalue weighted by atomic mass is 9.73. The molecule has 2 rings (SSSR count). The van der Waals surface area contributed by atoms with Gasteiger partial charge in [-0.25, -0.2) is 13.1 Å². The third kappa shape index (κ3) is 3.49. The molecule has 0 radical (unpaired) electrons. The highest BCUT2D eigenvalue weighted by atomic mass is 32.2. The van der Waals surface area contributed by atoms with Crippen LogP contribution in [0.5, 0.6) is 0 Å². The van der Waals surface area contributed by atoms with E-state index in [1.165, 1.54) is 32.4 Å². The minimum atomic E-state index is -3.45. The molecule has 4 N–H and O–H groups in total. The van der Waals surface area contributed by atoms with E-state index < -0.39 is 10.0 Å². The first kappa shape index (κ1) is 16.1. The van der Waals surface area contributed by atoms with Gasteiger partial charge in [0.2, 0.25) is 10.0 Å². The largest absolute Gasteiger partial charge is 0.397 e. The zero-order valence-corrected chi connectivity index (χ0v) is 13.8. The van der Waals surface area contributed by atoms with E-state index in [-0.39, 0.29) is 10.3 Å². The average Bonchev–Trinajstić information content (AvgIpc) is 2.42. The van der Waals surface area contributed by atoms with E-state index in [4.69, 9.17) is 5.73 Å². The SMILES string of the molecule is CNS(=O)(=O)c1ccc(NC2CCCCC2(C)C)c(N)c1. The molecule has 6 heteroatoms. The van der Waals surface area contributed by atoms with E-state index in [9.17, 15) is 8.42 Å². The number of hydrogen-bond donors (Lipinski definition) is 3. The fourth-order valence-corrected chi connectivity index (χ4v) is 3.67. The number of rotatable bonds is 4. The summed E-state index contributed by atoms with van der Waals surface area (Å²) in [4.78, 5) is 0.191. The van der Waals surface area contributed by atoms with Crippen LogP contribution in [0.3, 0.4) is 0 Å². The normalized spacial score (nSPS) is 22.0. The first-order chi connectivity index (χ1) is 9.76. The van der Waals surface area contributed by atoms with Gasteiger partial charge in [0.25, 0.3) is 0 Å². The third-order valence-electron chi connectivity index (χ3n) is 4.44. The number of benzene rings is 1. The van der Waals surface area contributed by atoms with E-state index in [0.29, 0.717) is 11.7 Å². The topological polar surface area (TPSA) is 84.2 Å². The number of nitrogens with two attached hydrogens (primary N) is 1. The minimum Gasteiger partial charge on any atom is -0.397 e. The first-order valence-electron chi connectivity index (χ1n) is 7.36. The molecule has 0 aliphatic heterocycles. The van der Waals surface area contributed by atoms with E-state index in [1.54, 1.807) is 12.1 Å². The van der Waals surface area contributed by atoms with Crippen molar-refractivity contribution >= 4 is 21.4 Å². The molecule has 0 amide bonds. The molecule has 0 heterocycles. The molecular weight excluding hydrogens is 286 g/mol. The second kappa shape index (κ2) is 5.85. The van der Waals surface area contributed by atoms with Gasteiger partial charge in [0.1, 0.15) is 0 Å². The lowest BCUT2D eigenvalue weighted by Gasteiger charge is -2.39. The Kier molecular flexibility index (Phi) is 4.49. The second-order valence-electron chi connectivity index (χ2n) is 6.39. The van der Waals surface area contributed by atoms with Crippen LogP contribution in [0.25, 0.3) is 0 Å². The van der Waals surface area contributed by atoms with Crippen LogP contribution in [0.4, 0.5) is 11.4 Å². The van der Waals surface area contributed by atoms with Gasteiger partial charge in [0, 0.05) is 6.04 Å². The Morgan fingerprint density at radius 1 is 1.29 bits per heavy atom. The van der Waals surface area contributed by atoms with Crippen molar-refractivity contribution in [3.8, 4) is 0 Å². The lowest BCUT2D eigenvalue weighted by Crippen LogP contribution is -2.39. The van der Waals surface area contributed by atoms with Crippen molar-refractivity contribution in [2.75, 3.05) is 18.1 Å². The predicted octanol–water partition coefficient (Wildman–Crippen LogP) is 2.56. The van der Waals surface area contributed by atoms with Crippen LogP contribution < -0.4 is 15.8 Å². The quantitative estimate of drug-likeness (QED) is 0.746. The molecule has 1 aliphatic carbocycles. The van der Waals surface area contributed by atoms with E-state index in [1.807, 2.05) is 0 Å². The molecule has 1 unspecified atom stereocenters. The van der Waals surface area contributed by atoms with E-state index in [2.05, 4.69) is 23.9 Å². The molecular formula is C15H25N3O2S. The van der Waals surface area contributed by atoms with Crippen LogP contribution in [0.15, 0.2) is 23.1 Å². The first-order valence-corrected chi connectivity index (χ1v) is 8.84. The molecule has 0 bridgehead atoms. The van der Waals surface area contributed by atoms with Gasteiger partial charge in [-0.15, -0.1) is 0 Å². The van der Waals surface area contributed by atoms with Crippen molar-refractivity contribution in [3.63, 3.8) is 0 Å². The van der Waals surface area contributed by atoms with Crippen molar-refractivity contribution in [1.82, 2.24) is 4.72 Å². The Labute approximate surface area is 127 Å². The van der Waals surface area contributed by atoms with Gasteiger partial charge in [0.05, 0.1) is 16.3 Å². The van der Waals surface area contributed by atoms with Crippen LogP contribution in [-0.4, -0.2) is 21.5 Å². The maximum atomic E-state index is 11.8. The van der Waals surface area contributed by atoms with Crippen LogP contribution in [0.1, 0.15) is 39.5 Å². The highest BCUT2D eigenvalue weighted by Gasteiger charge is 2.32. The Morgan fingerprint density at radius 3 is 2.57 bits per heavy atom. The van der Waals surface area contributed by atoms with Crippen LogP contribution in [0.2, 0.25) is 0 Å². The van der Waals surface area contributed by atoms with Crippen molar-refractivity contribution in [1.29, 1.82) is 0 Å². The molecule has 1 fully saturated rings. The van der Waals surface area contributed by atoms with Gasteiger partial charge in [-0.3, -0.25) is 0 Å². The van der Waals surface area contributed by atoms with E-state index in [0.717, 1.165) is 12.1 Å². The fraction of sp³-hybridized carbons (Fsp3) is 0.600. The van der Waals surface area contributed by atoms with Crippen molar-refractivity contribution in [2.45, 2.75) is 50.5 Å². The van der Waals surface area contributed by atoms with Gasteiger partial charge >= 0.3 is 0 Å². The standard InChI is InChI=1S/C15H25N3O2S/c1-15(2)9-5-4-6-14(15)18-13-8-7-11(10-12(13)16)21(19,20)17-3/h7-8,10,14,17-18H,4-6,9,16H2,1-3H3. The van der Waals surface area contributed by atoms with Crippen LogP contribution >= 0.6 is 0 Å². The second-order valence-corrected chi connectivity index (χ2v) is 8.27. The molecule has 1 atom stereocenters. The number of nitrogen functional groups attached to an aromatic ring is 1. The van der Waals surface area contributed by atoms with E-state index >= 15 is 0 Å². The number of anilines is 2. The number of hydrogen-bond acceptors (Lipinski definition) is 4. The molecule has 5 nitrogen and oxygen atoms in total. The van der Waals surface area contributed by atoms with Crippen LogP contribution in [-0.2, 0) is 10.0 Å². The molecule has 0 aromatic heterocycles. The molecule has 1 aromatic rings. The van der Waals surface area contributed by atoms with Gasteiger partial charge < -0.3 is 11.1 Å². The Bertz CT molecular complexity index is 611. The van der Waals surface area contributed by atoms with Gasteiger partial charge in [-0.05, 0) is 43.5 Å². The summed E-state index contributed by atoms with van der Waals surface area (Å²) in [5, 5.41) is 3.50. The molecule has 0 saturated heterocycles. The molecule has 1 aliphatic rings. The third-order valence-corrected chi connectivity index (χ3v) is 5.85. The van der Waals surface area contributed by atoms with Gasteiger partial charge in [-0.1, -0.05) is 26.7 Å². The summed E-state index contributed by atoms with van der Waals surface area (Å²) in [5.74, 6) is 0. The zero-order chi connectivity index (χ0) is 15.7. The minimum absolute atomic E-state index is 0.191. The monoisotopic (exact) mass is 311 g/mol. The summed E-state index contributed by atoms with van der Waals surface area (Å²) in [6.07, 6.45) is 4.78. The van der Waals surface area contributed by atoms with Crippen molar-refractivity contribution in [2.24, 2.45) is 5.41 Å². The summed E-state index contributed by atoms with van der Waals surface area (Å²) in [5.41, 5.74) is 7.52. The highest BCUT2D eigenvalue weighted by molar-refractivity contribution is 7.89. The predicted molar refractivity (Wildman–Crippen MR) is 86.8 cm³/mol. The summed E-state index contributed by atoms with van der Waals surface area (Å²) in [6.45, 7) is 4.53. The Morgan fingerprint density at radius 2 is 2.00 bits per heavy atom. The Balaban J connectivity index is 2.22. The molecule has 118 valence electrons. The van der Waals surface area contributed by atoms with Crippen LogP contribution in [0, 0.1) is 5.41 Å². The lowest BCUT2D eigenvalue weighted by molar-refractivity contribution is 0.217. The van der Waals surface area contributed by atoms with Gasteiger partial charge in [-0.2, -0.15) is 0 Å². The maximum Gasteiger partial charge on any atom is 0.240 e. The highest BCUT2D eigenvalue weighted by Crippen LogP contribution is 2.38. The molecule has 21 heavy (non-hydrogen) atoms. The smallest absolute Gasteiger partial charge is 0.240 e. The fourth-order valence-electron chi connectivity index (χ4n) is 2.91. The number of nitrogens with one attached hydrogen (secondary N) is 2. The molecule has 1 aromatic carbocycles. The van der Waals surface area contributed by atoms with Crippen molar-refractivity contribution < 1.29 is 8.42 Å². The van der Waals surface area contributed by atoms with Crippen molar-refractivity contribution in [3.05, 3.63) is 18.2 Å². The molecule has 1 saturated carbocycles. The summed E-state index contributed by atoms with van der Waals surface area (Å²) in [6, 6.07) is 5.20. The maximum absolute atomic E-state index is 11.8. The number of sulfonamides is 1. The summed E-state index contributed by atoms with van der Waals surface area (Å²) < 4.78 is 25.8. The average molecular weight is 311 g/mol. The van der Waals surface area contributed by atoms with Gasteiger partial charge in [0.15, 0.2) is 0 Å². The zero-order valence-electron chi connectivity index (χ0n) is 12.9. The summed E-state index contributed by atoms with van der Waals surface area (Å²) in [7, 11) is -2.06.